The quantitative estimate of drug-likeness (QED) is 0.00877. The van der Waals surface area contributed by atoms with Crippen LogP contribution in [0.15, 0.2) is 114 Å². The maximum Gasteiger partial charge on any atom is 0.327 e. The Morgan fingerprint density at radius 2 is 1.25 bits per heavy atom. The molecule has 574 valence electrons. The number of benzene rings is 5. The number of aromatic amines is 3. The van der Waals surface area contributed by atoms with E-state index in [9.17, 15) is 87.9 Å². The highest BCUT2D eigenvalue weighted by Gasteiger charge is 2.37. The fourth-order valence-electron chi connectivity index (χ4n) is 11.9. The molecule has 0 spiro atoms. The van der Waals surface area contributed by atoms with Gasteiger partial charge in [0, 0.05) is 105 Å². The van der Waals surface area contributed by atoms with Crippen molar-refractivity contribution in [3.05, 3.63) is 148 Å². The first-order chi connectivity index (χ1) is 52.6. The van der Waals surface area contributed by atoms with Crippen LogP contribution in [0.1, 0.15) is 93.5 Å². The number of aliphatic carboxylic acids is 4. The maximum absolute atomic E-state index is 14.1. The molecule has 0 fully saturated rings. The molecule has 37 nitrogen and oxygen atoms in total. The summed E-state index contributed by atoms with van der Waals surface area (Å²) in [5.41, 5.74) is 15.2. The van der Waals surface area contributed by atoms with E-state index in [1.165, 1.54) is 30.5 Å². The van der Waals surface area contributed by atoms with Gasteiger partial charge in [0.25, 0.3) is 23.3 Å². The molecular weight excluding hydrogens is 1490 g/mol. The highest BCUT2D eigenvalue weighted by atomic mass is 35.5. The molecule has 22 N–H and O–H groups in total. The number of aromatic hydroxyl groups is 1. The number of nitrogens with two attached hydrogens (primary N) is 2. The molecule has 5 heterocycles. The Labute approximate surface area is 633 Å². The number of aromatic nitrogens is 6. The van der Waals surface area contributed by atoms with Gasteiger partial charge in [-0.15, -0.1) is 11.6 Å². The molecule has 4 aromatic heterocycles. The SMILES string of the molecule is N=C(N)NCCC[C@H](NC(=O)[C@H](CC(=O)O)NC(=O)CC[C@H](NC(=O)c1ccc(NCc2cnc3nc(N)[nH]c(=O)c3n2)cc1)C(=O)O)C(=O)NC(CC(=O)O)C(=O)N[C@@H](CSSCCC(=O)Nc1ccc2[nH]c(C(=O)Nc3ccc4[nH]c(C(=O)N5CC(CCl)c6c5cc(O)c5ccccc65)cc4c3)cc2c1)C(=O)O. The van der Waals surface area contributed by atoms with Crippen molar-refractivity contribution in [2.24, 2.45) is 5.73 Å². The number of carboxylic acids is 4. The zero-order valence-electron chi connectivity index (χ0n) is 57.7. The molecule has 1 aliphatic heterocycles. The van der Waals surface area contributed by atoms with Gasteiger partial charge in [-0.2, -0.15) is 4.98 Å². The number of rotatable bonds is 36. The van der Waals surface area contributed by atoms with E-state index in [2.05, 4.69) is 77.8 Å². The van der Waals surface area contributed by atoms with E-state index >= 15 is 0 Å². The number of phenols is 1. The van der Waals surface area contributed by atoms with E-state index in [0.717, 1.165) is 32.5 Å². The zero-order chi connectivity index (χ0) is 79.0. The number of amides is 8. The average Bonchev–Trinajstić information content (AvgIpc) is 1.58. The second-order valence-corrected chi connectivity index (χ2v) is 28.0. The lowest BCUT2D eigenvalue weighted by atomic mass is 9.95. The van der Waals surface area contributed by atoms with E-state index in [1.54, 1.807) is 59.5 Å². The van der Waals surface area contributed by atoms with Gasteiger partial charge < -0.3 is 99.7 Å². The van der Waals surface area contributed by atoms with Crippen molar-refractivity contribution in [3.8, 4) is 5.75 Å². The van der Waals surface area contributed by atoms with Gasteiger partial charge in [-0.3, -0.25) is 63.1 Å². The summed E-state index contributed by atoms with van der Waals surface area (Å²) in [5.74, 6) is -14.1. The lowest BCUT2D eigenvalue weighted by Crippen LogP contribution is -2.58. The minimum atomic E-state index is -1.99. The van der Waals surface area contributed by atoms with Crippen LogP contribution in [-0.4, -0.2) is 193 Å². The third-order valence-corrected chi connectivity index (χ3v) is 20.0. The van der Waals surface area contributed by atoms with Crippen LogP contribution in [0.4, 0.5) is 28.7 Å². The Bertz CT molecular complexity index is 5180. The van der Waals surface area contributed by atoms with E-state index in [0.29, 0.717) is 62.2 Å². The Kier molecular flexibility index (Phi) is 26.1. The first kappa shape index (κ1) is 79.5. The van der Waals surface area contributed by atoms with Crippen LogP contribution in [0.3, 0.4) is 0 Å². The predicted octanol–water partition coefficient (Wildman–Crippen LogP) is 3.57. The van der Waals surface area contributed by atoms with Crippen molar-refractivity contribution in [2.45, 2.75) is 87.6 Å². The Balaban J connectivity index is 0.675. The minimum Gasteiger partial charge on any atom is -0.507 e. The zero-order valence-corrected chi connectivity index (χ0v) is 60.1. The lowest BCUT2D eigenvalue weighted by molar-refractivity contribution is -0.143. The molecule has 40 heteroatoms. The van der Waals surface area contributed by atoms with Crippen LogP contribution >= 0.6 is 33.2 Å². The second-order valence-electron chi connectivity index (χ2n) is 25.1. The normalized spacial score (nSPS) is 13.7. The molecule has 0 bridgehead atoms. The van der Waals surface area contributed by atoms with Crippen LogP contribution in [0.25, 0.3) is 43.7 Å². The number of carboxylic acid groups (broad SMARTS) is 4. The summed E-state index contributed by atoms with van der Waals surface area (Å²) in [7, 11) is 2.01. The van der Waals surface area contributed by atoms with Crippen LogP contribution < -0.4 is 69.8 Å². The molecule has 5 aromatic carbocycles. The molecule has 0 aliphatic carbocycles. The minimum absolute atomic E-state index is 0.00137. The number of alkyl halides is 1. The number of carbonyl (C=O) groups excluding carboxylic acids is 8. The molecule has 0 saturated heterocycles. The molecular formula is C70H72ClN19O18S2. The molecule has 110 heavy (non-hydrogen) atoms. The highest BCUT2D eigenvalue weighted by molar-refractivity contribution is 8.76. The predicted molar refractivity (Wildman–Crippen MR) is 407 cm³/mol. The van der Waals surface area contributed by atoms with E-state index in [4.69, 9.17) is 28.5 Å². The third-order valence-electron chi connectivity index (χ3n) is 17.2. The fraction of sp³-hybridized carbons (Fsp3) is 0.271. The number of phenolic OH excluding ortho intramolecular Hbond substituents is 1. The smallest absolute Gasteiger partial charge is 0.327 e. The van der Waals surface area contributed by atoms with Crippen LogP contribution in [0.5, 0.6) is 5.75 Å². The first-order valence-corrected chi connectivity index (χ1v) is 36.7. The number of nitrogens with zero attached hydrogens (tertiary/aromatic N) is 4. The van der Waals surface area contributed by atoms with Crippen molar-refractivity contribution in [3.63, 3.8) is 0 Å². The largest absolute Gasteiger partial charge is 0.507 e. The number of nitrogens with one attached hydrogen (secondary N) is 13. The summed E-state index contributed by atoms with van der Waals surface area (Å²) in [6, 6.07) is 18.9. The number of halogens is 1. The molecule has 0 radical (unpaired) electrons. The third kappa shape index (κ3) is 20.6. The maximum atomic E-state index is 14.1. The van der Waals surface area contributed by atoms with Crippen molar-refractivity contribution in [1.29, 1.82) is 5.41 Å². The highest BCUT2D eigenvalue weighted by Crippen LogP contribution is 2.46. The lowest BCUT2D eigenvalue weighted by Gasteiger charge is -2.25. The summed E-state index contributed by atoms with van der Waals surface area (Å²) in [5, 5.41) is 82.9. The molecule has 9 aromatic rings. The first-order valence-electron chi connectivity index (χ1n) is 33.7. The molecule has 0 saturated carbocycles. The van der Waals surface area contributed by atoms with Gasteiger partial charge in [-0.1, -0.05) is 45.9 Å². The number of fused-ring (bicyclic) bond motifs is 6. The summed E-state index contributed by atoms with van der Waals surface area (Å²) >= 11 is 6.41. The number of hydrogen-bond acceptors (Lipinski definition) is 22. The van der Waals surface area contributed by atoms with Crippen molar-refractivity contribution in [2.75, 3.05) is 57.1 Å². The van der Waals surface area contributed by atoms with Crippen molar-refractivity contribution >= 4 is 183 Å². The Morgan fingerprint density at radius 3 is 1.91 bits per heavy atom. The number of guanidine groups is 1. The van der Waals surface area contributed by atoms with E-state index < -0.39 is 133 Å². The van der Waals surface area contributed by atoms with Crippen molar-refractivity contribution < 1.29 is 83.1 Å². The summed E-state index contributed by atoms with van der Waals surface area (Å²) in [6.07, 6.45) is -2.63. The summed E-state index contributed by atoms with van der Waals surface area (Å²) in [6.45, 7) is 0.309. The molecule has 2 unspecified atom stereocenters. The molecule has 8 amide bonds. The fourth-order valence-corrected chi connectivity index (χ4v) is 14.3. The Morgan fingerprint density at radius 1 is 0.645 bits per heavy atom. The van der Waals surface area contributed by atoms with Gasteiger partial charge in [0.2, 0.25) is 35.5 Å². The van der Waals surface area contributed by atoms with Crippen LogP contribution in [0.2, 0.25) is 0 Å². The summed E-state index contributed by atoms with van der Waals surface area (Å²) < 4.78 is 0. The van der Waals surface area contributed by atoms with E-state index in [1.807, 2.05) is 24.3 Å². The number of H-pyrrole nitrogens is 3. The molecule has 6 atom stereocenters. The molecule has 1 aliphatic rings. The van der Waals surface area contributed by atoms with E-state index in [-0.39, 0.29) is 101 Å². The number of anilines is 5. The van der Waals surface area contributed by atoms with Crippen LogP contribution in [-0.2, 0) is 49.7 Å². The monoisotopic (exact) mass is 1570 g/mol. The van der Waals surface area contributed by atoms with Crippen LogP contribution in [0, 0.1) is 5.41 Å². The van der Waals surface area contributed by atoms with Gasteiger partial charge in [0.1, 0.15) is 47.3 Å². The average molecular weight is 1570 g/mol. The molecule has 10 rings (SSSR count). The number of hydrogen-bond donors (Lipinski definition) is 20. The Hall–Kier alpha value is -13.0. The van der Waals surface area contributed by atoms with Gasteiger partial charge in [0.15, 0.2) is 17.1 Å². The summed E-state index contributed by atoms with van der Waals surface area (Å²) in [4.78, 5) is 192. The van der Waals surface area contributed by atoms with Gasteiger partial charge in [0.05, 0.1) is 37.0 Å². The van der Waals surface area contributed by atoms with Gasteiger partial charge >= 0.3 is 23.9 Å². The van der Waals surface area contributed by atoms with Crippen molar-refractivity contribution in [1.82, 2.24) is 61.8 Å². The van der Waals surface area contributed by atoms with Gasteiger partial charge in [-0.25, -0.2) is 19.6 Å². The topological polar surface area (TPSA) is 596 Å². The number of nitrogen functional groups attached to an aromatic ring is 1. The van der Waals surface area contributed by atoms with Gasteiger partial charge in [-0.05, 0) is 103 Å². The standard InChI is InChI=1S/C70H72ClN19O18S2/c71-27-35-30-90(51-26-52(91)40-4-1-2-5-41(40)57(35)51)66(104)49-23-34-21-38(12-14-43(34)82-49)80-62(100)46-22-33-20-37(11-13-42(33)81-46)78-54(93)17-19-109-110-31-50(68(107)108)87-64(102)48(25-56(96)97)86-61(99)44(6-3-18-75-69(72)73)84-63(101)47(24-55(94)95)83-53(92)16-15-45(67(105)106)85-60(98)32-7-9-36(10-8-32)76-28-39-29-77-59-58(79-39)65(103)89-70(74)88-59/h1-2,4-5,7-14,20-23,26,29,35,44-45,47-48,50,76,81-82,91H,3,6,15-19,24-25,27-28,30-31H2,(H,78,93)(H,80,100)(H,83,92)(H,84,101)(H,85,98)(H,86,99)(H,87,102)(H,94,95)(H,96,97)(H,105,106)(H,107,108)(H4,72,73,75)(H3,74,77,88,89,103)/t35?,44-,45-,47-,48?,50-/m0/s1. The number of carbonyl (C=O) groups is 12. The second kappa shape index (κ2) is 36.0.